The van der Waals surface area contributed by atoms with E-state index in [1.165, 1.54) is 12.0 Å². The Labute approximate surface area is 140 Å². The van der Waals surface area contributed by atoms with Crippen molar-refractivity contribution in [1.29, 1.82) is 0 Å². The molecule has 0 N–H and O–H groups in total. The van der Waals surface area contributed by atoms with Gasteiger partial charge in [-0.2, -0.15) is 0 Å². The maximum absolute atomic E-state index is 6.10. The van der Waals surface area contributed by atoms with Gasteiger partial charge in [-0.1, -0.05) is 17.7 Å². The number of aromatic nitrogens is 2. The Morgan fingerprint density at radius 1 is 1.26 bits per heavy atom. The van der Waals surface area contributed by atoms with Crippen LogP contribution < -0.4 is 9.47 Å². The first kappa shape index (κ1) is 14.8. The number of halogens is 1. The zero-order valence-electron chi connectivity index (χ0n) is 13.2. The van der Waals surface area contributed by atoms with E-state index >= 15 is 0 Å². The molecule has 2 aromatic rings. The minimum absolute atomic E-state index is 0.390. The van der Waals surface area contributed by atoms with Gasteiger partial charge in [-0.3, -0.25) is 4.90 Å². The van der Waals surface area contributed by atoms with Gasteiger partial charge in [-0.15, -0.1) is 0 Å². The minimum Gasteiger partial charge on any atom is -0.486 e. The summed E-state index contributed by atoms with van der Waals surface area (Å²) in [4.78, 5) is 6.88. The van der Waals surface area contributed by atoms with Crippen molar-refractivity contribution in [1.82, 2.24) is 14.5 Å². The van der Waals surface area contributed by atoms with Crippen molar-refractivity contribution in [3.63, 3.8) is 0 Å². The fourth-order valence-corrected chi connectivity index (χ4v) is 3.56. The van der Waals surface area contributed by atoms with Crippen LogP contribution in [0.1, 0.15) is 30.3 Å². The molecule has 0 bridgehead atoms. The van der Waals surface area contributed by atoms with Crippen LogP contribution in [0.3, 0.4) is 0 Å². The fourth-order valence-electron chi connectivity index (χ4n) is 3.41. The highest BCUT2D eigenvalue weighted by molar-refractivity contribution is 6.29. The van der Waals surface area contributed by atoms with E-state index in [0.717, 1.165) is 36.8 Å². The van der Waals surface area contributed by atoms with Crippen LogP contribution in [0.25, 0.3) is 0 Å². The summed E-state index contributed by atoms with van der Waals surface area (Å²) in [5.41, 5.74) is 1.28. The van der Waals surface area contributed by atoms with Crippen molar-refractivity contribution in [2.75, 3.05) is 19.8 Å². The van der Waals surface area contributed by atoms with Crippen LogP contribution in [0, 0.1) is 0 Å². The summed E-state index contributed by atoms with van der Waals surface area (Å²) in [6.45, 7) is 3.13. The summed E-state index contributed by atoms with van der Waals surface area (Å²) < 4.78 is 13.3. The summed E-state index contributed by atoms with van der Waals surface area (Å²) in [5, 5.41) is 0.676. The van der Waals surface area contributed by atoms with Crippen molar-refractivity contribution in [2.24, 2.45) is 7.05 Å². The Bertz CT molecular complexity index is 716. The van der Waals surface area contributed by atoms with Crippen molar-refractivity contribution >= 4 is 11.6 Å². The highest BCUT2D eigenvalue weighted by Crippen LogP contribution is 2.38. The largest absolute Gasteiger partial charge is 0.486 e. The van der Waals surface area contributed by atoms with Gasteiger partial charge >= 0.3 is 0 Å². The third-order valence-corrected chi connectivity index (χ3v) is 5.04. The molecule has 1 atom stereocenters. The predicted octanol–water partition coefficient (Wildman–Crippen LogP) is 3.18. The Kier molecular flexibility index (Phi) is 3.91. The molecule has 1 fully saturated rings. The van der Waals surface area contributed by atoms with Crippen molar-refractivity contribution in [3.05, 3.63) is 40.9 Å². The van der Waals surface area contributed by atoms with Crippen LogP contribution in [-0.4, -0.2) is 34.2 Å². The van der Waals surface area contributed by atoms with Crippen LogP contribution in [0.5, 0.6) is 11.5 Å². The normalized spacial score (nSPS) is 20.9. The molecule has 1 saturated heterocycles. The first-order valence-corrected chi connectivity index (χ1v) is 8.40. The van der Waals surface area contributed by atoms with E-state index in [0.29, 0.717) is 24.4 Å². The molecule has 0 amide bonds. The van der Waals surface area contributed by atoms with Crippen LogP contribution in [0.15, 0.2) is 24.4 Å². The van der Waals surface area contributed by atoms with E-state index in [1.54, 1.807) is 6.20 Å². The number of imidazole rings is 1. The lowest BCUT2D eigenvalue weighted by molar-refractivity contribution is 0.170. The molecule has 0 saturated carbocycles. The first-order chi connectivity index (χ1) is 11.2. The standard InChI is InChI=1S/C17H20ClN3O2/c1-20-16(18)10-19-17(20)11-21-6-2-3-13(21)12-4-5-14-15(9-12)23-8-7-22-14/h4-5,9-10,13H,2-3,6-8,11H2,1H3/t13-/m1/s1. The number of rotatable bonds is 3. The average molecular weight is 334 g/mol. The highest BCUT2D eigenvalue weighted by atomic mass is 35.5. The van der Waals surface area contributed by atoms with Gasteiger partial charge in [0.2, 0.25) is 0 Å². The van der Waals surface area contributed by atoms with Gasteiger partial charge < -0.3 is 14.0 Å². The topological polar surface area (TPSA) is 39.5 Å². The van der Waals surface area contributed by atoms with Gasteiger partial charge in [0.05, 0.1) is 12.7 Å². The zero-order valence-corrected chi connectivity index (χ0v) is 13.9. The maximum Gasteiger partial charge on any atom is 0.161 e. The number of hydrogen-bond acceptors (Lipinski definition) is 4. The number of hydrogen-bond donors (Lipinski definition) is 0. The number of likely N-dealkylation sites (tertiary alicyclic amines) is 1. The molecule has 5 nitrogen and oxygen atoms in total. The lowest BCUT2D eigenvalue weighted by atomic mass is 10.0. The molecule has 23 heavy (non-hydrogen) atoms. The van der Waals surface area contributed by atoms with E-state index in [1.807, 2.05) is 17.7 Å². The van der Waals surface area contributed by atoms with Crippen LogP contribution in [0.4, 0.5) is 0 Å². The molecule has 3 heterocycles. The monoisotopic (exact) mass is 333 g/mol. The molecule has 0 radical (unpaired) electrons. The SMILES string of the molecule is Cn1c(Cl)cnc1CN1CCC[C@@H]1c1ccc2c(c1)OCCO2. The van der Waals surface area contributed by atoms with Crippen molar-refractivity contribution in [2.45, 2.75) is 25.4 Å². The van der Waals surface area contributed by atoms with E-state index in [9.17, 15) is 0 Å². The molecular formula is C17H20ClN3O2. The molecule has 122 valence electrons. The van der Waals surface area contributed by atoms with Gasteiger partial charge in [0.1, 0.15) is 24.2 Å². The van der Waals surface area contributed by atoms with Gasteiger partial charge in [-0.05, 0) is 37.1 Å². The average Bonchev–Trinajstić information content (AvgIpc) is 3.16. The highest BCUT2D eigenvalue weighted by Gasteiger charge is 2.28. The summed E-state index contributed by atoms with van der Waals surface area (Å²) in [6.07, 6.45) is 4.06. The van der Waals surface area contributed by atoms with Gasteiger partial charge in [0, 0.05) is 13.1 Å². The Morgan fingerprint density at radius 3 is 2.87 bits per heavy atom. The summed E-state index contributed by atoms with van der Waals surface area (Å²) in [6, 6.07) is 6.70. The summed E-state index contributed by atoms with van der Waals surface area (Å²) in [7, 11) is 1.96. The molecule has 4 rings (SSSR count). The lowest BCUT2D eigenvalue weighted by Gasteiger charge is -2.26. The molecule has 6 heteroatoms. The van der Waals surface area contributed by atoms with Gasteiger partial charge in [-0.25, -0.2) is 4.98 Å². The second-order valence-corrected chi connectivity index (χ2v) is 6.48. The maximum atomic E-state index is 6.10. The number of ether oxygens (including phenoxy) is 2. The molecule has 2 aliphatic heterocycles. The van der Waals surface area contributed by atoms with Gasteiger partial charge in [0.15, 0.2) is 11.5 Å². The van der Waals surface area contributed by atoms with Crippen molar-refractivity contribution < 1.29 is 9.47 Å². The lowest BCUT2D eigenvalue weighted by Crippen LogP contribution is -2.24. The van der Waals surface area contributed by atoms with Crippen molar-refractivity contribution in [3.8, 4) is 11.5 Å². The van der Waals surface area contributed by atoms with Crippen LogP contribution >= 0.6 is 11.6 Å². The quantitative estimate of drug-likeness (QED) is 0.865. The Balaban J connectivity index is 1.56. The number of fused-ring (bicyclic) bond motifs is 1. The predicted molar refractivity (Wildman–Crippen MR) is 88.0 cm³/mol. The van der Waals surface area contributed by atoms with Crippen LogP contribution in [-0.2, 0) is 13.6 Å². The minimum atomic E-state index is 0.390. The van der Waals surface area contributed by atoms with E-state index < -0.39 is 0 Å². The molecule has 1 aromatic heterocycles. The molecule has 0 aliphatic carbocycles. The molecular weight excluding hydrogens is 314 g/mol. The second-order valence-electron chi connectivity index (χ2n) is 6.09. The number of nitrogens with zero attached hydrogens (tertiary/aromatic N) is 3. The Morgan fingerprint density at radius 2 is 2.09 bits per heavy atom. The van der Waals surface area contributed by atoms with Crippen LogP contribution in [0.2, 0.25) is 5.15 Å². The third kappa shape index (κ3) is 2.79. The third-order valence-electron chi connectivity index (χ3n) is 4.69. The van der Waals surface area contributed by atoms with E-state index in [2.05, 4.69) is 22.0 Å². The molecule has 1 aromatic carbocycles. The molecule has 0 spiro atoms. The molecule has 2 aliphatic rings. The summed E-state index contributed by atoms with van der Waals surface area (Å²) in [5.74, 6) is 2.71. The van der Waals surface area contributed by atoms with E-state index in [4.69, 9.17) is 21.1 Å². The molecule has 0 unspecified atom stereocenters. The fraction of sp³-hybridized carbons (Fsp3) is 0.471. The summed E-state index contributed by atoms with van der Waals surface area (Å²) >= 11 is 6.10. The van der Waals surface area contributed by atoms with Gasteiger partial charge in [0.25, 0.3) is 0 Å². The zero-order chi connectivity index (χ0) is 15.8. The number of benzene rings is 1. The first-order valence-electron chi connectivity index (χ1n) is 8.02. The smallest absolute Gasteiger partial charge is 0.161 e. The Hall–Kier alpha value is -1.72. The second kappa shape index (κ2) is 6.06. The van der Waals surface area contributed by atoms with E-state index in [-0.39, 0.29) is 0 Å².